The second-order valence-electron chi connectivity index (χ2n) is 15.7. The molecule has 0 radical (unpaired) electrons. The van der Waals surface area contributed by atoms with E-state index in [0.717, 1.165) is 56.4 Å². The lowest BCUT2D eigenvalue weighted by molar-refractivity contribution is -0.347. The normalized spacial score (nSPS) is 26.8. The molecule has 0 aliphatic carbocycles. The predicted molar refractivity (Wildman–Crippen MR) is 225 cm³/mol. The molecule has 0 aromatic heterocycles. The molecule has 3 aromatic carbocycles. The summed E-state index contributed by atoms with van der Waals surface area (Å²) >= 11 is 0. The Balaban J connectivity index is 1.40. The molecule has 0 saturated carbocycles. The molecule has 3 aliphatic heterocycles. The predicted octanol–water partition coefficient (Wildman–Crippen LogP) is 3.95. The highest BCUT2D eigenvalue weighted by Gasteiger charge is 2.65. The van der Waals surface area contributed by atoms with E-state index in [9.17, 15) is 28.8 Å². The van der Waals surface area contributed by atoms with Crippen molar-refractivity contribution in [3.05, 3.63) is 108 Å². The zero-order chi connectivity index (χ0) is 47.4. The molecule has 3 heterocycles. The Bertz CT molecular complexity index is 2110. The molecule has 3 aromatic rings. The molecule has 3 saturated heterocycles. The van der Waals surface area contributed by atoms with Crippen LogP contribution in [0.15, 0.2) is 91.0 Å². The van der Waals surface area contributed by atoms with Crippen LogP contribution in [0.25, 0.3) is 0 Å². The fraction of sp³-hybridized carbons (Fsp3) is 0.489. The van der Waals surface area contributed by atoms with Crippen molar-refractivity contribution < 1.29 is 85.6 Å². The average Bonchev–Trinajstić information content (AvgIpc) is 3.65. The van der Waals surface area contributed by atoms with Crippen LogP contribution in [0.1, 0.15) is 50.8 Å². The lowest BCUT2D eigenvalue weighted by Crippen LogP contribution is -2.68. The van der Waals surface area contributed by atoms with Crippen LogP contribution in [-0.2, 0) is 101 Å². The van der Waals surface area contributed by atoms with E-state index in [1.54, 1.807) is 0 Å². The molecular weight excluding hydrogens is 867 g/mol. The number of ether oxygens (including phenoxy) is 12. The van der Waals surface area contributed by atoms with E-state index in [1.165, 1.54) is 7.11 Å². The molecule has 19 nitrogen and oxygen atoms in total. The van der Waals surface area contributed by atoms with Gasteiger partial charge in [0, 0.05) is 34.8 Å². The van der Waals surface area contributed by atoms with Gasteiger partial charge in [0.25, 0.3) is 5.79 Å². The number of imide groups is 1. The highest BCUT2D eigenvalue weighted by Crippen LogP contribution is 2.43. The summed E-state index contributed by atoms with van der Waals surface area (Å²) in [4.78, 5) is 78.6. The lowest BCUT2D eigenvalue weighted by Gasteiger charge is -2.48. The van der Waals surface area contributed by atoms with Gasteiger partial charge in [-0.3, -0.25) is 19.2 Å². The van der Waals surface area contributed by atoms with E-state index < -0.39 is 122 Å². The Hall–Kier alpha value is -5.80. The molecule has 11 atom stereocenters. The van der Waals surface area contributed by atoms with Crippen LogP contribution < -0.4 is 0 Å². The molecule has 0 unspecified atom stereocenters. The first-order chi connectivity index (χ1) is 31.7. The first-order valence-corrected chi connectivity index (χ1v) is 21.3. The molecule has 0 N–H and O–H groups in total. The van der Waals surface area contributed by atoms with Gasteiger partial charge in [-0.05, 0) is 16.7 Å². The van der Waals surface area contributed by atoms with E-state index in [4.69, 9.17) is 56.8 Å². The number of hydrogen-bond acceptors (Lipinski definition) is 18. The first-order valence-electron chi connectivity index (χ1n) is 21.3. The summed E-state index contributed by atoms with van der Waals surface area (Å²) in [7, 11) is 2.50. The lowest BCUT2D eigenvalue weighted by atomic mass is 9.88. The zero-order valence-electron chi connectivity index (χ0n) is 37.5. The highest BCUT2D eigenvalue weighted by molar-refractivity contribution is 5.93. The number of carbonyl (C=O) groups excluding carboxylic acids is 6. The second kappa shape index (κ2) is 23.1. The van der Waals surface area contributed by atoms with Crippen LogP contribution in [0.2, 0.25) is 0 Å². The Morgan fingerprint density at radius 3 is 1.73 bits per heavy atom. The fourth-order valence-electron chi connectivity index (χ4n) is 8.15. The smallest absolute Gasteiger partial charge is 0.417 e. The Kier molecular flexibility index (Phi) is 17.4. The minimum Gasteiger partial charge on any atom is -0.465 e. The number of carbonyl (C=O) groups is 6. The second-order valence-corrected chi connectivity index (χ2v) is 15.7. The van der Waals surface area contributed by atoms with Gasteiger partial charge in [-0.15, -0.1) is 0 Å². The molecule has 0 spiro atoms. The fourth-order valence-corrected chi connectivity index (χ4v) is 8.15. The topological polar surface area (TPSA) is 216 Å². The Labute approximate surface area is 381 Å². The van der Waals surface area contributed by atoms with Crippen molar-refractivity contribution in [2.45, 2.75) is 121 Å². The minimum atomic E-state index is -2.51. The average molecular weight is 922 g/mol. The standard InChI is InChI=1S/C47H55NO18/c1-28(49)48-38-35(65-46(48)54)22-47(45(53)56-6,66-41(38)40(63-31(4)52)36(62-30(3)51)26-57-29(2)50)61-27-37-39(58-23-32-16-10-7-11-17-32)42(59-24-33-18-12-8-13-19-33)43(44(55-5)64-37)60-25-34-20-14-9-15-21-34/h7-21,35-44H,22-27H2,1-6H3/t35-,36+,37+,38+,39+,40+,41+,42-,43+,44-,47-/m0/s1. The van der Waals surface area contributed by atoms with Gasteiger partial charge >= 0.3 is 30.0 Å². The van der Waals surface area contributed by atoms with Gasteiger partial charge in [-0.25, -0.2) is 14.5 Å². The number of esters is 4. The molecule has 3 aliphatic rings. The molecular formula is C47H55NO18. The highest BCUT2D eigenvalue weighted by atomic mass is 16.8. The van der Waals surface area contributed by atoms with Crippen LogP contribution in [0.5, 0.6) is 0 Å². The van der Waals surface area contributed by atoms with Crippen molar-refractivity contribution in [3.63, 3.8) is 0 Å². The maximum atomic E-state index is 14.2. The van der Waals surface area contributed by atoms with Crippen LogP contribution in [0.4, 0.5) is 4.79 Å². The third-order valence-corrected chi connectivity index (χ3v) is 11.0. The van der Waals surface area contributed by atoms with Crippen LogP contribution >= 0.6 is 0 Å². The third-order valence-electron chi connectivity index (χ3n) is 11.0. The van der Waals surface area contributed by atoms with E-state index in [1.807, 2.05) is 91.0 Å². The number of amides is 2. The summed E-state index contributed by atoms with van der Waals surface area (Å²) in [5.41, 5.74) is 2.54. The molecule has 66 heavy (non-hydrogen) atoms. The van der Waals surface area contributed by atoms with Crippen molar-refractivity contribution in [1.82, 2.24) is 4.90 Å². The monoisotopic (exact) mass is 921 g/mol. The van der Waals surface area contributed by atoms with E-state index in [2.05, 4.69) is 0 Å². The number of nitrogens with zero attached hydrogens (tertiary/aromatic N) is 1. The zero-order valence-corrected chi connectivity index (χ0v) is 37.5. The summed E-state index contributed by atoms with van der Waals surface area (Å²) < 4.78 is 72.7. The van der Waals surface area contributed by atoms with E-state index in [-0.39, 0.29) is 19.8 Å². The summed E-state index contributed by atoms with van der Waals surface area (Å²) in [6.07, 6.45) is -13.2. The summed E-state index contributed by atoms with van der Waals surface area (Å²) in [6.45, 7) is 3.47. The van der Waals surface area contributed by atoms with Gasteiger partial charge in [0.05, 0.1) is 40.0 Å². The van der Waals surface area contributed by atoms with Gasteiger partial charge in [-0.1, -0.05) is 91.0 Å². The Morgan fingerprint density at radius 1 is 0.712 bits per heavy atom. The number of benzene rings is 3. The van der Waals surface area contributed by atoms with Gasteiger partial charge < -0.3 is 56.8 Å². The van der Waals surface area contributed by atoms with Crippen molar-refractivity contribution >= 4 is 35.9 Å². The SMILES string of the molecule is COC(=O)[C@]1(OC[C@H]2O[C@H](OC)[C@H](OCc3ccccc3)[C@@H](OCc3ccccc3)[C@@H]2OCc2ccccc2)C[C@@H]2OC(=O)N(C(C)=O)[C@H]2[C@H]([C@H](OC(C)=O)[C@@H](COC(C)=O)OC(C)=O)O1. The first kappa shape index (κ1) is 49.6. The van der Waals surface area contributed by atoms with Crippen molar-refractivity contribution in [2.75, 3.05) is 27.4 Å². The maximum absolute atomic E-state index is 14.2. The van der Waals surface area contributed by atoms with Crippen molar-refractivity contribution in [3.8, 4) is 0 Å². The number of methoxy groups -OCH3 is 2. The quantitative estimate of drug-likeness (QED) is 0.116. The third kappa shape index (κ3) is 12.3. The van der Waals surface area contributed by atoms with E-state index in [0.29, 0.717) is 0 Å². The van der Waals surface area contributed by atoms with Gasteiger partial charge in [0.2, 0.25) is 5.91 Å². The van der Waals surface area contributed by atoms with Crippen molar-refractivity contribution in [1.29, 1.82) is 0 Å². The molecule has 356 valence electrons. The minimum absolute atomic E-state index is 0.0743. The largest absolute Gasteiger partial charge is 0.465 e. The molecule has 3 fully saturated rings. The molecule has 2 amide bonds. The van der Waals surface area contributed by atoms with Crippen LogP contribution in [0.3, 0.4) is 0 Å². The number of rotatable bonds is 20. The summed E-state index contributed by atoms with van der Waals surface area (Å²) in [5.74, 6) is -7.02. The maximum Gasteiger partial charge on any atom is 0.417 e. The number of hydrogen-bond donors (Lipinski definition) is 0. The van der Waals surface area contributed by atoms with Crippen LogP contribution in [-0.4, -0.2) is 135 Å². The Morgan fingerprint density at radius 2 is 1.24 bits per heavy atom. The van der Waals surface area contributed by atoms with E-state index >= 15 is 0 Å². The van der Waals surface area contributed by atoms with Gasteiger partial charge in [0.15, 0.2) is 18.5 Å². The molecule has 0 bridgehead atoms. The molecule has 19 heteroatoms. The summed E-state index contributed by atoms with van der Waals surface area (Å²) in [5, 5.41) is 0. The number of fused-ring (bicyclic) bond motifs is 1. The van der Waals surface area contributed by atoms with Crippen LogP contribution in [0, 0.1) is 0 Å². The molecule has 6 rings (SSSR count). The van der Waals surface area contributed by atoms with Gasteiger partial charge in [0.1, 0.15) is 49.3 Å². The van der Waals surface area contributed by atoms with Gasteiger partial charge in [-0.2, -0.15) is 0 Å². The summed E-state index contributed by atoms with van der Waals surface area (Å²) in [6, 6.07) is 26.9. The van der Waals surface area contributed by atoms with Crippen molar-refractivity contribution in [2.24, 2.45) is 0 Å².